The van der Waals surface area contributed by atoms with Gasteiger partial charge in [0.1, 0.15) is 7.05 Å². The molecule has 3 aromatic rings. The quantitative estimate of drug-likeness (QED) is 0.396. The van der Waals surface area contributed by atoms with E-state index in [1.54, 1.807) is 5.19 Å². The molecule has 2 aromatic carbocycles. The van der Waals surface area contributed by atoms with Crippen LogP contribution in [0.4, 0.5) is 0 Å². The first-order chi connectivity index (χ1) is 12.5. The third-order valence-electron chi connectivity index (χ3n) is 6.69. The minimum atomic E-state index is -1.46. The van der Waals surface area contributed by atoms with Gasteiger partial charge >= 0.3 is 0 Å². The Morgan fingerprint density at radius 3 is 2.19 bits per heavy atom. The fourth-order valence-corrected chi connectivity index (χ4v) is 6.39. The molecule has 0 spiro atoms. The maximum absolute atomic E-state index is 2.50. The van der Waals surface area contributed by atoms with E-state index in [0.717, 1.165) is 5.54 Å². The van der Waals surface area contributed by atoms with E-state index in [1.165, 1.54) is 44.3 Å². The van der Waals surface area contributed by atoms with Gasteiger partial charge in [0.25, 0.3) is 0 Å². The summed E-state index contributed by atoms with van der Waals surface area (Å²) >= 11 is 0. The minimum absolute atomic E-state index is 0.731. The molecule has 0 bridgehead atoms. The van der Waals surface area contributed by atoms with Gasteiger partial charge < -0.3 is 0 Å². The number of benzene rings is 2. The van der Waals surface area contributed by atoms with Crippen LogP contribution in [0.1, 0.15) is 36.1 Å². The normalized spacial score (nSPS) is 12.2. The summed E-state index contributed by atoms with van der Waals surface area (Å²) in [7, 11) is 0.704. The van der Waals surface area contributed by atoms with Crippen LogP contribution in [0.25, 0.3) is 22.0 Å². The Balaban J connectivity index is 2.37. The Morgan fingerprint density at radius 1 is 0.889 bits per heavy atom. The first kappa shape index (κ1) is 19.8. The van der Waals surface area contributed by atoms with Crippen LogP contribution in [0.5, 0.6) is 0 Å². The van der Waals surface area contributed by atoms with Crippen LogP contribution in [0.15, 0.2) is 36.5 Å². The zero-order valence-electron chi connectivity index (χ0n) is 18.5. The largest absolute Gasteiger partial charge is 0.220 e. The molecule has 1 heterocycles. The molecule has 0 aliphatic rings. The van der Waals surface area contributed by atoms with Gasteiger partial charge in [0.15, 0.2) is 6.20 Å². The van der Waals surface area contributed by atoms with Crippen LogP contribution in [0.3, 0.4) is 0 Å². The molecule has 0 atom stereocenters. The van der Waals surface area contributed by atoms with E-state index in [1.807, 2.05) is 0 Å². The summed E-state index contributed by atoms with van der Waals surface area (Å²) in [6.45, 7) is 18.7. The van der Waals surface area contributed by atoms with Crippen LogP contribution in [-0.4, -0.2) is 8.07 Å². The highest BCUT2D eigenvalue weighted by Gasteiger charge is 2.30. The van der Waals surface area contributed by atoms with Gasteiger partial charge in [-0.15, -0.1) is 0 Å². The molecule has 0 saturated carbocycles. The Kier molecular flexibility index (Phi) is 5.07. The molecule has 0 N–H and O–H groups in total. The number of nitrogens with zero attached hydrogens (tertiary/aromatic N) is 1. The van der Waals surface area contributed by atoms with Gasteiger partial charge in [-0.3, -0.25) is 0 Å². The Hall–Kier alpha value is -1.93. The van der Waals surface area contributed by atoms with Crippen molar-refractivity contribution in [2.75, 3.05) is 0 Å². The first-order valence-electron chi connectivity index (χ1n) is 10.1. The number of fused-ring (bicyclic) bond motifs is 1. The van der Waals surface area contributed by atoms with Crippen molar-refractivity contribution >= 4 is 24.0 Å². The topological polar surface area (TPSA) is 3.88 Å². The predicted molar refractivity (Wildman–Crippen MR) is 122 cm³/mol. The third kappa shape index (κ3) is 3.36. The highest BCUT2D eigenvalue weighted by atomic mass is 28.3. The molecule has 0 unspecified atom stereocenters. The molecule has 0 aliphatic carbocycles. The molecule has 0 radical (unpaired) electrons. The number of rotatable bonds is 3. The second kappa shape index (κ2) is 6.90. The lowest BCUT2D eigenvalue weighted by Crippen LogP contribution is -2.45. The third-order valence-corrected chi connectivity index (χ3v) is 11.5. The Bertz CT molecular complexity index is 1030. The average molecular weight is 377 g/mol. The second-order valence-electron chi connectivity index (χ2n) is 9.16. The van der Waals surface area contributed by atoms with Crippen LogP contribution in [0.2, 0.25) is 18.6 Å². The van der Waals surface area contributed by atoms with E-state index in [4.69, 9.17) is 0 Å². The average Bonchev–Trinajstić information content (AvgIpc) is 2.57. The summed E-state index contributed by atoms with van der Waals surface area (Å²) in [5.41, 5.74) is 8.93. The molecule has 3 rings (SSSR count). The van der Waals surface area contributed by atoms with E-state index in [9.17, 15) is 0 Å². The molecule has 0 fully saturated rings. The zero-order chi connectivity index (χ0) is 20.1. The van der Waals surface area contributed by atoms with Crippen molar-refractivity contribution in [3.05, 3.63) is 58.8 Å². The molecule has 2 heteroatoms. The van der Waals surface area contributed by atoms with Crippen LogP contribution in [-0.2, 0) is 7.05 Å². The van der Waals surface area contributed by atoms with E-state index in [-0.39, 0.29) is 0 Å². The molecule has 27 heavy (non-hydrogen) atoms. The van der Waals surface area contributed by atoms with Gasteiger partial charge in [0, 0.05) is 6.07 Å². The fourth-order valence-electron chi connectivity index (χ4n) is 4.15. The lowest BCUT2D eigenvalue weighted by atomic mass is 9.94. The summed E-state index contributed by atoms with van der Waals surface area (Å²) in [4.78, 5) is 0. The van der Waals surface area contributed by atoms with Crippen molar-refractivity contribution in [2.24, 2.45) is 7.05 Å². The highest BCUT2D eigenvalue weighted by Crippen LogP contribution is 2.32. The monoisotopic (exact) mass is 376 g/mol. The van der Waals surface area contributed by atoms with Crippen molar-refractivity contribution in [2.45, 2.75) is 60.2 Å². The lowest BCUT2D eigenvalue weighted by Gasteiger charge is -2.29. The van der Waals surface area contributed by atoms with Crippen molar-refractivity contribution < 1.29 is 4.57 Å². The maximum Gasteiger partial charge on any atom is 0.220 e. The summed E-state index contributed by atoms with van der Waals surface area (Å²) < 4.78 is 2.29. The summed E-state index contributed by atoms with van der Waals surface area (Å²) in [6, 6.07) is 11.8. The SMILES string of the molecule is Cc1cc(C)c(C)c(-c2c3cc(C)c([Si](C)(C)C(C)C)cc3cc[n+]2C)c1. The number of hydrogen-bond acceptors (Lipinski definition) is 0. The molecule has 142 valence electrons. The van der Waals surface area contributed by atoms with Crippen molar-refractivity contribution in [1.82, 2.24) is 0 Å². The Morgan fingerprint density at radius 2 is 1.56 bits per heavy atom. The van der Waals surface area contributed by atoms with E-state index < -0.39 is 8.07 Å². The Labute approximate surface area is 166 Å². The maximum atomic E-state index is 2.50. The van der Waals surface area contributed by atoms with Crippen LogP contribution in [0, 0.1) is 27.7 Å². The van der Waals surface area contributed by atoms with E-state index in [0.29, 0.717) is 0 Å². The lowest BCUT2D eigenvalue weighted by molar-refractivity contribution is -0.659. The molecule has 0 amide bonds. The van der Waals surface area contributed by atoms with Gasteiger partial charge in [0.05, 0.1) is 19.0 Å². The standard InChI is InChI=1S/C25H34NSi/c1-16(2)27(8,9)24-15-21-10-11-26(7)25(23(21)14-19(24)5)22-13-17(3)12-18(4)20(22)6/h10-16H,1-9H3/q+1. The van der Waals surface area contributed by atoms with Gasteiger partial charge in [-0.05, 0) is 61.9 Å². The smallest absolute Gasteiger partial charge is 0.200 e. The number of aryl methyl sites for hydroxylation is 4. The molecule has 0 saturated heterocycles. The van der Waals surface area contributed by atoms with Gasteiger partial charge in [-0.25, -0.2) is 4.57 Å². The summed E-state index contributed by atoms with van der Waals surface area (Å²) in [6.07, 6.45) is 2.22. The highest BCUT2D eigenvalue weighted by molar-refractivity contribution is 6.91. The molecule has 0 aliphatic heterocycles. The number of aromatic nitrogens is 1. The predicted octanol–water partition coefficient (Wildman–Crippen LogP) is 5.89. The number of pyridine rings is 1. The summed E-state index contributed by atoms with van der Waals surface area (Å²) in [5.74, 6) is 0. The molecular formula is C25H34NSi+. The number of hydrogen-bond donors (Lipinski definition) is 0. The van der Waals surface area contributed by atoms with Crippen molar-refractivity contribution in [1.29, 1.82) is 0 Å². The van der Waals surface area contributed by atoms with Crippen molar-refractivity contribution in [3.63, 3.8) is 0 Å². The zero-order valence-corrected chi connectivity index (χ0v) is 19.5. The van der Waals surface area contributed by atoms with E-state index >= 15 is 0 Å². The van der Waals surface area contributed by atoms with Gasteiger partial charge in [0.2, 0.25) is 5.69 Å². The molecule has 1 nitrogen and oxygen atoms in total. The molecule has 1 aromatic heterocycles. The van der Waals surface area contributed by atoms with Gasteiger partial charge in [-0.1, -0.05) is 55.4 Å². The summed E-state index contributed by atoms with van der Waals surface area (Å²) in [5, 5.41) is 4.33. The minimum Gasteiger partial charge on any atom is -0.200 e. The van der Waals surface area contributed by atoms with E-state index in [2.05, 4.69) is 103 Å². The van der Waals surface area contributed by atoms with Crippen LogP contribution >= 0.6 is 0 Å². The van der Waals surface area contributed by atoms with Gasteiger partial charge in [-0.2, -0.15) is 0 Å². The van der Waals surface area contributed by atoms with Crippen LogP contribution < -0.4 is 9.75 Å². The van der Waals surface area contributed by atoms with Crippen molar-refractivity contribution in [3.8, 4) is 11.3 Å². The first-order valence-corrected chi connectivity index (χ1v) is 13.1. The fraction of sp³-hybridized carbons (Fsp3) is 0.400. The second-order valence-corrected chi connectivity index (χ2v) is 14.3. The molecular weight excluding hydrogens is 342 g/mol.